The number of anilines is 1. The molecule has 1 amide bonds. The first-order valence-electron chi connectivity index (χ1n) is 12.7. The van der Waals surface area contributed by atoms with E-state index in [-0.39, 0.29) is 17.2 Å². The largest absolute Gasteiger partial charge is 0.390 e. The molecule has 0 aliphatic heterocycles. The highest BCUT2D eigenvalue weighted by Crippen LogP contribution is 2.25. The second-order valence-corrected chi connectivity index (χ2v) is 11.0. The number of nitrogens with zero attached hydrogens (tertiary/aromatic N) is 6. The summed E-state index contributed by atoms with van der Waals surface area (Å²) in [7, 11) is 0. The molecule has 11 nitrogen and oxygen atoms in total. The molecule has 0 aliphatic carbocycles. The first-order chi connectivity index (χ1) is 18.8. The van der Waals surface area contributed by atoms with Crippen LogP contribution in [0.4, 0.5) is 10.1 Å². The first kappa shape index (κ1) is 27.2. The Hall–Kier alpha value is -4.42. The average Bonchev–Trinajstić information content (AvgIpc) is 3.62. The number of halogens is 1. The maximum absolute atomic E-state index is 14.7. The number of aryl methyl sites for hydroxylation is 1. The molecule has 0 bridgehead atoms. The quantitative estimate of drug-likeness (QED) is 0.250. The van der Waals surface area contributed by atoms with E-state index in [0.29, 0.717) is 36.5 Å². The van der Waals surface area contributed by atoms with E-state index in [1.807, 2.05) is 12.3 Å². The third-order valence-corrected chi connectivity index (χ3v) is 6.15. The van der Waals surface area contributed by atoms with Crippen LogP contribution in [-0.2, 0) is 13.0 Å². The highest BCUT2D eigenvalue weighted by Gasteiger charge is 2.19. The third-order valence-electron chi connectivity index (χ3n) is 6.15. The SMILES string of the molecule is CC(C)(O)CCc1nc(-c2ccc(F)c(NC(=O)c3cnc4ccc(-c5cnn(CC(C)(C)O)c5)cn34)c2)no1. The summed E-state index contributed by atoms with van der Waals surface area (Å²) in [5.41, 5.74) is 0.941. The van der Waals surface area contributed by atoms with Crippen molar-refractivity contribution in [2.24, 2.45) is 0 Å². The van der Waals surface area contributed by atoms with Crippen LogP contribution in [0.3, 0.4) is 0 Å². The minimum Gasteiger partial charge on any atom is -0.390 e. The Bertz CT molecular complexity index is 1670. The molecule has 5 aromatic rings. The Morgan fingerprint density at radius 2 is 1.80 bits per heavy atom. The molecule has 4 aromatic heterocycles. The standard InChI is InChI=1S/C28H30FN7O4/c1-27(2,38)10-9-24-33-25(34-40-24)17-5-7-20(29)21(11-17)32-26(37)22-13-30-23-8-6-18(15-36(22)23)19-12-31-35(14-19)16-28(3,4)39/h5-8,11-15,38-39H,9-10,16H2,1-4H3,(H,32,37). The normalized spacial score (nSPS) is 12.3. The Morgan fingerprint density at radius 3 is 2.55 bits per heavy atom. The zero-order valence-electron chi connectivity index (χ0n) is 22.6. The molecule has 0 aliphatic rings. The molecule has 5 rings (SSSR count). The fraction of sp³-hybridized carbons (Fsp3) is 0.321. The van der Waals surface area contributed by atoms with Gasteiger partial charge in [-0.3, -0.25) is 13.9 Å². The summed E-state index contributed by atoms with van der Waals surface area (Å²) >= 11 is 0. The Labute approximate surface area is 229 Å². The fourth-order valence-electron chi connectivity index (χ4n) is 4.15. The zero-order chi connectivity index (χ0) is 28.7. The minimum atomic E-state index is -0.918. The molecular weight excluding hydrogens is 517 g/mol. The van der Waals surface area contributed by atoms with E-state index in [2.05, 4.69) is 25.5 Å². The van der Waals surface area contributed by atoms with Gasteiger partial charge in [-0.15, -0.1) is 0 Å². The van der Waals surface area contributed by atoms with Crippen molar-refractivity contribution in [3.8, 4) is 22.5 Å². The van der Waals surface area contributed by atoms with Crippen LogP contribution in [0.5, 0.6) is 0 Å². The van der Waals surface area contributed by atoms with Crippen molar-refractivity contribution >= 4 is 17.2 Å². The molecule has 0 atom stereocenters. The number of amides is 1. The maximum Gasteiger partial charge on any atom is 0.274 e. The number of aromatic nitrogens is 6. The Morgan fingerprint density at radius 1 is 1.02 bits per heavy atom. The molecule has 0 fully saturated rings. The summed E-state index contributed by atoms with van der Waals surface area (Å²) in [5.74, 6) is -0.598. The number of carbonyl (C=O) groups excluding carboxylic acids is 1. The number of pyridine rings is 1. The molecule has 4 heterocycles. The molecule has 0 unspecified atom stereocenters. The fourth-order valence-corrected chi connectivity index (χ4v) is 4.15. The van der Waals surface area contributed by atoms with Crippen LogP contribution in [0.1, 0.15) is 50.5 Å². The van der Waals surface area contributed by atoms with Crippen molar-refractivity contribution in [3.63, 3.8) is 0 Å². The van der Waals surface area contributed by atoms with Gasteiger partial charge in [0.2, 0.25) is 11.7 Å². The van der Waals surface area contributed by atoms with Gasteiger partial charge in [0.1, 0.15) is 17.2 Å². The molecule has 208 valence electrons. The number of nitrogens with one attached hydrogen (secondary N) is 1. The summed E-state index contributed by atoms with van der Waals surface area (Å²) < 4.78 is 23.2. The van der Waals surface area contributed by atoms with E-state index in [0.717, 1.165) is 11.1 Å². The predicted molar refractivity (Wildman–Crippen MR) is 145 cm³/mol. The van der Waals surface area contributed by atoms with Crippen LogP contribution in [-0.4, -0.2) is 56.6 Å². The van der Waals surface area contributed by atoms with Crippen molar-refractivity contribution in [2.75, 3.05) is 5.32 Å². The van der Waals surface area contributed by atoms with Gasteiger partial charge in [0.15, 0.2) is 0 Å². The lowest BCUT2D eigenvalue weighted by Gasteiger charge is -2.16. The summed E-state index contributed by atoms with van der Waals surface area (Å²) in [6.07, 6.45) is 7.48. The maximum atomic E-state index is 14.7. The van der Waals surface area contributed by atoms with Gasteiger partial charge in [0.25, 0.3) is 5.91 Å². The summed E-state index contributed by atoms with van der Waals surface area (Å²) in [6.45, 7) is 7.11. The number of imidazole rings is 1. The molecule has 3 N–H and O–H groups in total. The lowest BCUT2D eigenvalue weighted by molar-refractivity contribution is 0.0577. The van der Waals surface area contributed by atoms with E-state index in [9.17, 15) is 19.4 Å². The topological polar surface area (TPSA) is 144 Å². The minimum absolute atomic E-state index is 0.0515. The van der Waals surface area contributed by atoms with Crippen LogP contribution in [0, 0.1) is 5.82 Å². The molecule has 0 saturated heterocycles. The van der Waals surface area contributed by atoms with Crippen molar-refractivity contribution in [2.45, 2.75) is 58.3 Å². The predicted octanol–water partition coefficient (Wildman–Crippen LogP) is 4.11. The van der Waals surface area contributed by atoms with Crippen LogP contribution >= 0.6 is 0 Å². The van der Waals surface area contributed by atoms with Crippen molar-refractivity contribution in [1.29, 1.82) is 0 Å². The number of hydrogen-bond donors (Lipinski definition) is 3. The molecule has 1 aromatic carbocycles. The van der Waals surface area contributed by atoms with Gasteiger partial charge in [-0.1, -0.05) is 5.16 Å². The molecule has 0 saturated carbocycles. The number of hydrogen-bond acceptors (Lipinski definition) is 8. The monoisotopic (exact) mass is 547 g/mol. The second kappa shape index (κ2) is 10.3. The lowest BCUT2D eigenvalue weighted by atomic mass is 10.0. The summed E-state index contributed by atoms with van der Waals surface area (Å²) in [6, 6.07) is 7.78. The van der Waals surface area contributed by atoms with Gasteiger partial charge >= 0.3 is 0 Å². The lowest BCUT2D eigenvalue weighted by Crippen LogP contribution is -2.26. The molecular formula is C28H30FN7O4. The molecule has 0 radical (unpaired) electrons. The smallest absolute Gasteiger partial charge is 0.274 e. The van der Waals surface area contributed by atoms with E-state index >= 15 is 0 Å². The summed E-state index contributed by atoms with van der Waals surface area (Å²) in [5, 5.41) is 30.9. The van der Waals surface area contributed by atoms with Gasteiger partial charge < -0.3 is 20.1 Å². The number of carbonyl (C=O) groups is 1. The molecule has 40 heavy (non-hydrogen) atoms. The van der Waals surface area contributed by atoms with E-state index in [1.54, 1.807) is 55.2 Å². The van der Waals surface area contributed by atoms with E-state index < -0.39 is 22.9 Å². The number of rotatable bonds is 9. The molecule has 0 spiro atoms. The Kier molecular flexibility index (Phi) is 6.98. The van der Waals surface area contributed by atoms with E-state index in [4.69, 9.17) is 4.52 Å². The highest BCUT2D eigenvalue weighted by molar-refractivity contribution is 6.04. The van der Waals surface area contributed by atoms with Gasteiger partial charge in [-0.2, -0.15) is 10.1 Å². The van der Waals surface area contributed by atoms with Crippen LogP contribution < -0.4 is 5.32 Å². The van der Waals surface area contributed by atoms with Gasteiger partial charge in [0, 0.05) is 35.5 Å². The number of aliphatic hydroxyl groups is 2. The van der Waals surface area contributed by atoms with Crippen molar-refractivity contribution < 1.29 is 23.9 Å². The zero-order valence-corrected chi connectivity index (χ0v) is 22.6. The highest BCUT2D eigenvalue weighted by atomic mass is 19.1. The van der Waals surface area contributed by atoms with E-state index in [1.165, 1.54) is 24.4 Å². The number of benzene rings is 1. The van der Waals surface area contributed by atoms with Crippen molar-refractivity contribution in [1.82, 2.24) is 29.3 Å². The Balaban J connectivity index is 1.37. The molecule has 12 heteroatoms. The van der Waals surface area contributed by atoms with Gasteiger partial charge in [0.05, 0.1) is 35.8 Å². The van der Waals surface area contributed by atoms with Crippen LogP contribution in [0.2, 0.25) is 0 Å². The van der Waals surface area contributed by atoms with Crippen molar-refractivity contribution in [3.05, 3.63) is 72.5 Å². The first-order valence-corrected chi connectivity index (χ1v) is 12.7. The van der Waals surface area contributed by atoms with Gasteiger partial charge in [-0.25, -0.2) is 9.37 Å². The van der Waals surface area contributed by atoms with Gasteiger partial charge in [-0.05, 0) is 64.4 Å². The number of fused-ring (bicyclic) bond motifs is 1. The average molecular weight is 548 g/mol. The second-order valence-electron chi connectivity index (χ2n) is 11.0. The van der Waals surface area contributed by atoms with Crippen LogP contribution in [0.25, 0.3) is 28.2 Å². The third kappa shape index (κ3) is 6.24. The summed E-state index contributed by atoms with van der Waals surface area (Å²) in [4.78, 5) is 21.8. The van der Waals surface area contributed by atoms with Crippen LogP contribution in [0.15, 0.2) is 59.6 Å².